The number of aromatic carboxylic acids is 1. The summed E-state index contributed by atoms with van der Waals surface area (Å²) in [6.07, 6.45) is 0.725. The summed E-state index contributed by atoms with van der Waals surface area (Å²) in [5.41, 5.74) is 2.47. The zero-order valence-corrected chi connectivity index (χ0v) is 16.0. The molecule has 0 fully saturated rings. The molecular weight excluding hydrogens is 342 g/mol. The molecule has 0 saturated heterocycles. The van der Waals surface area contributed by atoms with Crippen molar-refractivity contribution in [2.24, 2.45) is 0 Å². The molecule has 1 heterocycles. The molecular formula is C18H23NO3S2. The second-order valence-electron chi connectivity index (χ2n) is 6.67. The SMILES string of the molecule is C=S(=O)(Nc1ccsc1C(=O)O)c1ccc(C(C)(C)C)cc1CC. The van der Waals surface area contributed by atoms with Crippen LogP contribution in [-0.2, 0) is 21.5 Å². The van der Waals surface area contributed by atoms with Gasteiger partial charge in [0.2, 0.25) is 0 Å². The molecule has 130 valence electrons. The molecule has 0 amide bonds. The summed E-state index contributed by atoms with van der Waals surface area (Å²) in [4.78, 5) is 12.0. The van der Waals surface area contributed by atoms with Crippen LogP contribution in [0, 0.1) is 0 Å². The third-order valence-electron chi connectivity index (χ3n) is 3.80. The lowest BCUT2D eigenvalue weighted by atomic mass is 9.86. The fraction of sp³-hybridized carbons (Fsp3) is 0.333. The minimum Gasteiger partial charge on any atom is -0.477 e. The van der Waals surface area contributed by atoms with Gasteiger partial charge in [0.1, 0.15) is 4.88 Å². The van der Waals surface area contributed by atoms with Crippen molar-refractivity contribution in [3.63, 3.8) is 0 Å². The van der Waals surface area contributed by atoms with Gasteiger partial charge in [0, 0.05) is 0 Å². The van der Waals surface area contributed by atoms with Crippen LogP contribution in [0.25, 0.3) is 0 Å². The fourth-order valence-electron chi connectivity index (χ4n) is 2.43. The van der Waals surface area contributed by atoms with Gasteiger partial charge in [-0.25, -0.2) is 9.00 Å². The Labute approximate surface area is 147 Å². The predicted molar refractivity (Wildman–Crippen MR) is 103 cm³/mol. The molecule has 0 aliphatic carbocycles. The molecule has 0 bridgehead atoms. The summed E-state index contributed by atoms with van der Waals surface area (Å²) in [6, 6.07) is 7.49. The number of benzene rings is 1. The predicted octanol–water partition coefficient (Wildman–Crippen LogP) is 4.41. The lowest BCUT2D eigenvalue weighted by Gasteiger charge is -2.22. The van der Waals surface area contributed by atoms with E-state index in [4.69, 9.17) is 0 Å². The van der Waals surface area contributed by atoms with Crippen molar-refractivity contribution in [1.29, 1.82) is 0 Å². The molecule has 1 aromatic heterocycles. The standard InChI is InChI=1S/C18H23NO3S2/c1-6-12-11-13(18(2,3)4)7-8-15(12)24(5,22)19-14-9-10-23-16(14)17(20)21/h7-11H,5-6H2,1-4H3,(H,19,22)(H,20,21). The molecule has 2 rings (SSSR count). The zero-order chi connectivity index (χ0) is 18.1. The second-order valence-corrected chi connectivity index (χ2v) is 9.58. The molecule has 0 saturated carbocycles. The number of anilines is 1. The number of nitrogens with one attached hydrogen (secondary N) is 1. The average Bonchev–Trinajstić information content (AvgIpc) is 2.93. The highest BCUT2D eigenvalue weighted by molar-refractivity contribution is 8.01. The van der Waals surface area contributed by atoms with Crippen molar-refractivity contribution in [2.45, 2.75) is 44.4 Å². The van der Waals surface area contributed by atoms with E-state index in [1.54, 1.807) is 11.4 Å². The number of thiophene rings is 1. The van der Waals surface area contributed by atoms with Crippen molar-refractivity contribution in [3.8, 4) is 0 Å². The first-order valence-electron chi connectivity index (χ1n) is 7.65. The van der Waals surface area contributed by atoms with Crippen LogP contribution in [-0.4, -0.2) is 21.2 Å². The van der Waals surface area contributed by atoms with Gasteiger partial charge >= 0.3 is 5.97 Å². The number of carboxylic acid groups (broad SMARTS) is 1. The van der Waals surface area contributed by atoms with Gasteiger partial charge in [-0.15, -0.1) is 11.3 Å². The summed E-state index contributed by atoms with van der Waals surface area (Å²) >= 11 is 1.09. The van der Waals surface area contributed by atoms with Crippen LogP contribution in [0.15, 0.2) is 34.5 Å². The third kappa shape index (κ3) is 3.82. The Morgan fingerprint density at radius 1 is 1.33 bits per heavy atom. The van der Waals surface area contributed by atoms with Crippen molar-refractivity contribution < 1.29 is 14.1 Å². The van der Waals surface area contributed by atoms with Crippen LogP contribution >= 0.6 is 11.3 Å². The molecule has 24 heavy (non-hydrogen) atoms. The highest BCUT2D eigenvalue weighted by Crippen LogP contribution is 2.29. The van der Waals surface area contributed by atoms with Crippen LogP contribution in [0.5, 0.6) is 0 Å². The lowest BCUT2D eigenvalue weighted by Crippen LogP contribution is -2.17. The molecule has 0 radical (unpaired) electrons. The van der Waals surface area contributed by atoms with E-state index in [0.29, 0.717) is 10.6 Å². The van der Waals surface area contributed by atoms with Crippen LogP contribution in [0.1, 0.15) is 48.5 Å². The Morgan fingerprint density at radius 3 is 2.54 bits per heavy atom. The molecule has 0 aliphatic heterocycles. The summed E-state index contributed by atoms with van der Waals surface area (Å²) < 4.78 is 16.0. The van der Waals surface area contributed by atoms with Crippen LogP contribution < -0.4 is 4.72 Å². The second kappa shape index (κ2) is 6.61. The Balaban J connectivity index is 2.46. The highest BCUT2D eigenvalue weighted by Gasteiger charge is 2.20. The van der Waals surface area contributed by atoms with E-state index in [-0.39, 0.29) is 10.3 Å². The normalized spacial score (nSPS) is 14.2. The van der Waals surface area contributed by atoms with Crippen LogP contribution in [0.4, 0.5) is 5.69 Å². The number of hydrogen-bond donors (Lipinski definition) is 2. The Kier molecular flexibility index (Phi) is 5.11. The molecule has 1 unspecified atom stereocenters. The summed E-state index contributed by atoms with van der Waals surface area (Å²) in [5, 5.41) is 10.9. The van der Waals surface area contributed by atoms with Gasteiger partial charge in [0.25, 0.3) is 0 Å². The summed E-state index contributed by atoms with van der Waals surface area (Å²) in [6.45, 7) is 8.40. The molecule has 1 aromatic carbocycles. The van der Waals surface area contributed by atoms with Gasteiger partial charge in [0.15, 0.2) is 0 Å². The van der Waals surface area contributed by atoms with Gasteiger partial charge in [-0.1, -0.05) is 39.8 Å². The van der Waals surface area contributed by atoms with Crippen LogP contribution in [0.3, 0.4) is 0 Å². The van der Waals surface area contributed by atoms with Gasteiger partial charge < -0.3 is 9.83 Å². The van der Waals surface area contributed by atoms with E-state index >= 15 is 0 Å². The molecule has 2 N–H and O–H groups in total. The van der Waals surface area contributed by atoms with E-state index in [1.807, 2.05) is 19.1 Å². The highest BCUT2D eigenvalue weighted by atomic mass is 32.2. The fourth-order valence-corrected chi connectivity index (χ4v) is 4.73. The maximum absolute atomic E-state index is 13.2. The Hall–Kier alpha value is -1.79. The van der Waals surface area contributed by atoms with E-state index in [9.17, 15) is 14.1 Å². The lowest BCUT2D eigenvalue weighted by molar-refractivity contribution is 0.0703. The largest absolute Gasteiger partial charge is 0.477 e. The summed E-state index contributed by atoms with van der Waals surface area (Å²) in [7, 11) is -2.85. The zero-order valence-electron chi connectivity index (χ0n) is 14.4. The number of hydrogen-bond acceptors (Lipinski definition) is 3. The molecule has 2 aromatic rings. The van der Waals surface area contributed by atoms with Crippen molar-refractivity contribution in [3.05, 3.63) is 45.6 Å². The number of carboxylic acids is 1. The van der Waals surface area contributed by atoms with Gasteiger partial charge in [-0.2, -0.15) is 0 Å². The number of aryl methyl sites for hydroxylation is 1. The summed E-state index contributed by atoms with van der Waals surface area (Å²) in [5.74, 6) is 2.80. The minimum atomic E-state index is -2.85. The van der Waals surface area contributed by atoms with Gasteiger partial charge in [-0.3, -0.25) is 0 Å². The Morgan fingerprint density at radius 2 is 2.00 bits per heavy atom. The molecule has 6 heteroatoms. The molecule has 0 spiro atoms. The minimum absolute atomic E-state index is 0.00175. The van der Waals surface area contributed by atoms with E-state index in [0.717, 1.165) is 23.3 Å². The Bertz CT molecular complexity index is 859. The third-order valence-corrected chi connectivity index (χ3v) is 6.36. The van der Waals surface area contributed by atoms with E-state index in [2.05, 4.69) is 37.4 Å². The first-order chi connectivity index (χ1) is 11.1. The van der Waals surface area contributed by atoms with Gasteiger partial charge in [-0.05, 0) is 46.3 Å². The van der Waals surface area contributed by atoms with Crippen molar-refractivity contribution in [2.75, 3.05) is 4.72 Å². The maximum Gasteiger partial charge on any atom is 0.348 e. The van der Waals surface area contributed by atoms with Crippen LogP contribution in [0.2, 0.25) is 0 Å². The van der Waals surface area contributed by atoms with Crippen molar-refractivity contribution >= 4 is 38.6 Å². The van der Waals surface area contributed by atoms with Gasteiger partial charge in [0.05, 0.1) is 20.3 Å². The smallest absolute Gasteiger partial charge is 0.348 e. The first-order valence-corrected chi connectivity index (χ1v) is 10.3. The quantitative estimate of drug-likeness (QED) is 0.771. The molecule has 4 nitrogen and oxygen atoms in total. The van der Waals surface area contributed by atoms with Crippen molar-refractivity contribution in [1.82, 2.24) is 0 Å². The first kappa shape index (κ1) is 18.5. The average molecular weight is 366 g/mol. The topological polar surface area (TPSA) is 66.4 Å². The molecule has 1 atom stereocenters. The maximum atomic E-state index is 13.2. The molecule has 0 aliphatic rings. The number of rotatable bonds is 5. The van der Waals surface area contributed by atoms with E-state index in [1.165, 1.54) is 5.56 Å². The monoisotopic (exact) mass is 365 g/mol. The van der Waals surface area contributed by atoms with E-state index < -0.39 is 15.7 Å². The number of carbonyl (C=O) groups is 1.